The average Bonchev–Trinajstić information content (AvgIpc) is 2.71. The standard InChI is InChI=1S/C24H28N2O6/c1-15-5-6-19(13-16(15)2)9-11-25-23(29)24(30)26-12-10-20-7-8-21(31-17(3)27)22(14-20)32-18(4)28/h5-8,13-14H,9-12H2,1-4H3,(H,25,29)(H,26,30). The Kier molecular flexibility index (Phi) is 8.95. The predicted octanol–water partition coefficient (Wildman–Crippen LogP) is 2.17. The molecule has 0 bridgehead atoms. The number of nitrogens with one attached hydrogen (secondary N) is 2. The van der Waals surface area contributed by atoms with E-state index in [0.29, 0.717) is 19.4 Å². The molecular weight excluding hydrogens is 412 g/mol. The van der Waals surface area contributed by atoms with Crippen LogP contribution in [0.5, 0.6) is 11.5 Å². The molecule has 0 unspecified atom stereocenters. The molecule has 0 heterocycles. The van der Waals surface area contributed by atoms with Crippen molar-refractivity contribution in [2.24, 2.45) is 0 Å². The SMILES string of the molecule is CC(=O)Oc1ccc(CCNC(=O)C(=O)NCCc2ccc(C)c(C)c2)cc1OC(C)=O. The molecule has 0 spiro atoms. The van der Waals surface area contributed by atoms with E-state index in [9.17, 15) is 19.2 Å². The maximum Gasteiger partial charge on any atom is 0.309 e. The van der Waals surface area contributed by atoms with Crippen LogP contribution >= 0.6 is 0 Å². The van der Waals surface area contributed by atoms with Gasteiger partial charge in [-0.05, 0) is 61.1 Å². The van der Waals surface area contributed by atoms with E-state index in [0.717, 1.165) is 11.1 Å². The van der Waals surface area contributed by atoms with Gasteiger partial charge in [-0.3, -0.25) is 19.2 Å². The van der Waals surface area contributed by atoms with Crippen LogP contribution in [0.4, 0.5) is 0 Å². The van der Waals surface area contributed by atoms with Crippen molar-refractivity contribution < 1.29 is 28.7 Å². The van der Waals surface area contributed by atoms with E-state index in [1.165, 1.54) is 31.0 Å². The summed E-state index contributed by atoms with van der Waals surface area (Å²) >= 11 is 0. The quantitative estimate of drug-likeness (QED) is 0.370. The number of aryl methyl sites for hydroxylation is 2. The summed E-state index contributed by atoms with van der Waals surface area (Å²) in [5.74, 6) is -2.27. The lowest BCUT2D eigenvalue weighted by molar-refractivity contribution is -0.139. The number of carbonyl (C=O) groups is 4. The summed E-state index contributed by atoms with van der Waals surface area (Å²) in [6, 6.07) is 10.8. The monoisotopic (exact) mass is 440 g/mol. The first-order valence-corrected chi connectivity index (χ1v) is 10.3. The van der Waals surface area contributed by atoms with Gasteiger partial charge in [0.1, 0.15) is 0 Å². The van der Waals surface area contributed by atoms with Gasteiger partial charge in [0.05, 0.1) is 0 Å². The van der Waals surface area contributed by atoms with Crippen LogP contribution in [0.15, 0.2) is 36.4 Å². The molecule has 32 heavy (non-hydrogen) atoms. The molecule has 2 rings (SSSR count). The minimum Gasteiger partial charge on any atom is -0.423 e. The van der Waals surface area contributed by atoms with Crippen LogP contribution < -0.4 is 20.1 Å². The highest BCUT2D eigenvalue weighted by Crippen LogP contribution is 2.29. The van der Waals surface area contributed by atoms with Gasteiger partial charge in [-0.2, -0.15) is 0 Å². The van der Waals surface area contributed by atoms with E-state index in [2.05, 4.69) is 16.7 Å². The van der Waals surface area contributed by atoms with Crippen LogP contribution in [0.2, 0.25) is 0 Å². The molecule has 0 aliphatic carbocycles. The summed E-state index contributed by atoms with van der Waals surface area (Å²) in [4.78, 5) is 46.5. The maximum atomic E-state index is 12.0. The Hall–Kier alpha value is -3.68. The van der Waals surface area contributed by atoms with Gasteiger partial charge in [0.15, 0.2) is 11.5 Å². The van der Waals surface area contributed by atoms with Crippen molar-refractivity contribution in [1.82, 2.24) is 10.6 Å². The van der Waals surface area contributed by atoms with Crippen molar-refractivity contribution in [2.75, 3.05) is 13.1 Å². The van der Waals surface area contributed by atoms with Crippen molar-refractivity contribution >= 4 is 23.8 Å². The molecule has 0 saturated heterocycles. The number of benzene rings is 2. The zero-order chi connectivity index (χ0) is 23.7. The molecular formula is C24H28N2O6. The van der Waals surface area contributed by atoms with Crippen molar-refractivity contribution in [1.29, 1.82) is 0 Å². The summed E-state index contributed by atoms with van der Waals surface area (Å²) in [5.41, 5.74) is 4.21. The first-order valence-electron chi connectivity index (χ1n) is 10.3. The number of rotatable bonds is 8. The molecule has 0 saturated carbocycles. The second-order valence-electron chi connectivity index (χ2n) is 7.40. The molecule has 0 radical (unpaired) electrons. The number of hydrogen-bond acceptors (Lipinski definition) is 6. The van der Waals surface area contributed by atoms with Crippen LogP contribution in [0.3, 0.4) is 0 Å². The molecule has 2 N–H and O–H groups in total. The number of esters is 2. The summed E-state index contributed by atoms with van der Waals surface area (Å²) in [5, 5.41) is 5.17. The van der Waals surface area contributed by atoms with Gasteiger partial charge in [-0.15, -0.1) is 0 Å². The third kappa shape index (κ3) is 7.86. The highest BCUT2D eigenvalue weighted by molar-refractivity contribution is 6.35. The smallest absolute Gasteiger partial charge is 0.309 e. The Balaban J connectivity index is 1.81. The van der Waals surface area contributed by atoms with E-state index in [1.54, 1.807) is 12.1 Å². The second-order valence-corrected chi connectivity index (χ2v) is 7.40. The van der Waals surface area contributed by atoms with Crippen LogP contribution in [0.25, 0.3) is 0 Å². The summed E-state index contributed by atoms with van der Waals surface area (Å²) in [6.07, 6.45) is 1.02. The van der Waals surface area contributed by atoms with E-state index in [-0.39, 0.29) is 18.0 Å². The van der Waals surface area contributed by atoms with Crippen LogP contribution in [-0.2, 0) is 32.0 Å². The Morgan fingerprint density at radius 3 is 1.72 bits per heavy atom. The average molecular weight is 440 g/mol. The van der Waals surface area contributed by atoms with E-state index in [4.69, 9.17) is 9.47 Å². The molecule has 0 aliphatic heterocycles. The van der Waals surface area contributed by atoms with Crippen molar-refractivity contribution in [3.05, 3.63) is 58.7 Å². The topological polar surface area (TPSA) is 111 Å². The maximum absolute atomic E-state index is 12.0. The molecule has 170 valence electrons. The molecule has 0 fully saturated rings. The first kappa shape index (κ1) is 24.6. The molecule has 8 nitrogen and oxygen atoms in total. The zero-order valence-electron chi connectivity index (χ0n) is 18.7. The molecule has 2 aromatic carbocycles. The molecule has 2 aromatic rings. The molecule has 0 atom stereocenters. The summed E-state index contributed by atoms with van der Waals surface area (Å²) in [7, 11) is 0. The van der Waals surface area contributed by atoms with Gasteiger partial charge in [0.25, 0.3) is 0 Å². The summed E-state index contributed by atoms with van der Waals surface area (Å²) in [6.45, 7) is 7.12. The Morgan fingerprint density at radius 2 is 1.19 bits per heavy atom. The lowest BCUT2D eigenvalue weighted by atomic mass is 10.0. The Morgan fingerprint density at radius 1 is 0.688 bits per heavy atom. The lowest BCUT2D eigenvalue weighted by Gasteiger charge is -2.11. The number of ether oxygens (including phenoxy) is 2. The van der Waals surface area contributed by atoms with Crippen molar-refractivity contribution in [3.8, 4) is 11.5 Å². The number of hydrogen-bond donors (Lipinski definition) is 2. The normalized spacial score (nSPS) is 10.2. The Labute approximate surface area is 187 Å². The zero-order valence-corrected chi connectivity index (χ0v) is 18.7. The molecule has 0 aliphatic rings. The largest absolute Gasteiger partial charge is 0.423 e. The third-order valence-corrected chi connectivity index (χ3v) is 4.69. The first-order chi connectivity index (χ1) is 15.2. The fourth-order valence-corrected chi connectivity index (χ4v) is 2.94. The minimum atomic E-state index is -0.721. The van der Waals surface area contributed by atoms with Gasteiger partial charge in [0.2, 0.25) is 0 Å². The van der Waals surface area contributed by atoms with Crippen LogP contribution in [-0.4, -0.2) is 36.8 Å². The minimum absolute atomic E-state index is 0.112. The van der Waals surface area contributed by atoms with E-state index < -0.39 is 23.8 Å². The van der Waals surface area contributed by atoms with E-state index in [1.807, 2.05) is 26.0 Å². The lowest BCUT2D eigenvalue weighted by Crippen LogP contribution is -2.41. The second kappa shape index (κ2) is 11.6. The Bertz CT molecular complexity index is 1020. The van der Waals surface area contributed by atoms with E-state index >= 15 is 0 Å². The number of carbonyl (C=O) groups excluding carboxylic acids is 4. The predicted molar refractivity (Wildman–Crippen MR) is 118 cm³/mol. The highest BCUT2D eigenvalue weighted by Gasteiger charge is 2.14. The third-order valence-electron chi connectivity index (χ3n) is 4.69. The molecule has 8 heteroatoms. The van der Waals surface area contributed by atoms with Gasteiger partial charge < -0.3 is 20.1 Å². The summed E-state index contributed by atoms with van der Waals surface area (Å²) < 4.78 is 10.1. The van der Waals surface area contributed by atoms with Gasteiger partial charge in [0, 0.05) is 26.9 Å². The van der Waals surface area contributed by atoms with Crippen molar-refractivity contribution in [3.63, 3.8) is 0 Å². The number of amides is 2. The van der Waals surface area contributed by atoms with Crippen LogP contribution in [0, 0.1) is 13.8 Å². The van der Waals surface area contributed by atoms with Crippen LogP contribution in [0.1, 0.15) is 36.1 Å². The van der Waals surface area contributed by atoms with Gasteiger partial charge in [-0.1, -0.05) is 24.3 Å². The fraction of sp³-hybridized carbons (Fsp3) is 0.333. The van der Waals surface area contributed by atoms with Gasteiger partial charge in [-0.25, -0.2) is 0 Å². The van der Waals surface area contributed by atoms with Crippen molar-refractivity contribution in [2.45, 2.75) is 40.5 Å². The fourth-order valence-electron chi connectivity index (χ4n) is 2.94. The molecule has 2 amide bonds. The highest BCUT2D eigenvalue weighted by atomic mass is 16.6. The van der Waals surface area contributed by atoms with Gasteiger partial charge >= 0.3 is 23.8 Å². The molecule has 0 aromatic heterocycles.